The molecular weight excluding hydrogens is 212 g/mol. The normalized spacial score (nSPS) is 22.2. The van der Waals surface area contributed by atoms with Gasteiger partial charge in [-0.15, -0.1) is 0 Å². The first-order valence-corrected chi connectivity index (χ1v) is 6.57. The maximum atomic E-state index is 11.8. The molecule has 0 aromatic rings. The monoisotopic (exact) mass is 238 g/mol. The van der Waals surface area contributed by atoms with Crippen LogP contribution in [-0.4, -0.2) is 18.0 Å². The van der Waals surface area contributed by atoms with Gasteiger partial charge in [-0.25, -0.2) is 0 Å². The van der Waals surface area contributed by atoms with Gasteiger partial charge >= 0.3 is 0 Å². The van der Waals surface area contributed by atoms with Crippen LogP contribution in [0.15, 0.2) is 12.2 Å². The van der Waals surface area contributed by atoms with Crippen LogP contribution in [0.3, 0.4) is 0 Å². The van der Waals surface area contributed by atoms with Gasteiger partial charge in [0.2, 0.25) is 5.91 Å². The Kier molecular flexibility index (Phi) is 5.19. The number of hydrogen-bond acceptors (Lipinski definition) is 2. The molecule has 0 saturated heterocycles. The molecule has 0 heterocycles. The Morgan fingerprint density at radius 3 is 2.71 bits per heavy atom. The summed E-state index contributed by atoms with van der Waals surface area (Å²) in [5, 5.41) is 3.07. The van der Waals surface area contributed by atoms with Crippen molar-refractivity contribution in [1.29, 1.82) is 0 Å². The van der Waals surface area contributed by atoms with Gasteiger partial charge in [-0.05, 0) is 31.1 Å². The molecule has 1 aliphatic carbocycles. The zero-order chi connectivity index (χ0) is 12.9. The molecule has 1 rings (SSSR count). The molecule has 0 radical (unpaired) electrons. The molecule has 2 atom stereocenters. The molecule has 17 heavy (non-hydrogen) atoms. The van der Waals surface area contributed by atoms with Gasteiger partial charge in [0.1, 0.15) is 0 Å². The average Bonchev–Trinajstić information content (AvgIpc) is 2.15. The number of hydrogen-bond donors (Lipinski definition) is 2. The number of allylic oxidation sites excluding steroid dienone is 1. The predicted molar refractivity (Wildman–Crippen MR) is 71.6 cm³/mol. The summed E-state index contributed by atoms with van der Waals surface area (Å²) in [5.41, 5.74) is 6.18. The van der Waals surface area contributed by atoms with Crippen LogP contribution in [0.5, 0.6) is 0 Å². The highest BCUT2D eigenvalue weighted by Gasteiger charge is 2.19. The summed E-state index contributed by atoms with van der Waals surface area (Å²) in [5.74, 6) is 0.0991. The Hall–Kier alpha value is -0.830. The molecule has 0 bridgehead atoms. The lowest BCUT2D eigenvalue weighted by molar-refractivity contribution is -0.122. The first kappa shape index (κ1) is 14.2. The van der Waals surface area contributed by atoms with E-state index in [4.69, 9.17) is 5.73 Å². The van der Waals surface area contributed by atoms with Crippen molar-refractivity contribution in [3.63, 3.8) is 0 Å². The average molecular weight is 238 g/mol. The van der Waals surface area contributed by atoms with E-state index in [2.05, 4.69) is 38.2 Å². The second-order valence-corrected chi connectivity index (χ2v) is 6.28. The third kappa shape index (κ3) is 6.47. The Bertz CT molecular complexity index is 278. The second-order valence-electron chi connectivity index (χ2n) is 6.28. The Morgan fingerprint density at radius 2 is 2.18 bits per heavy atom. The van der Waals surface area contributed by atoms with Crippen molar-refractivity contribution in [2.24, 2.45) is 11.1 Å². The molecule has 98 valence electrons. The van der Waals surface area contributed by atoms with Gasteiger partial charge in [-0.1, -0.05) is 32.9 Å². The Morgan fingerprint density at radius 1 is 1.47 bits per heavy atom. The first-order valence-electron chi connectivity index (χ1n) is 6.57. The summed E-state index contributed by atoms with van der Waals surface area (Å²) in [7, 11) is 0. The topological polar surface area (TPSA) is 55.1 Å². The van der Waals surface area contributed by atoms with Crippen LogP contribution < -0.4 is 11.1 Å². The quantitative estimate of drug-likeness (QED) is 0.739. The highest BCUT2D eigenvalue weighted by Crippen LogP contribution is 2.21. The van der Waals surface area contributed by atoms with Crippen molar-refractivity contribution < 1.29 is 4.79 Å². The third-order valence-electron chi connectivity index (χ3n) is 2.96. The standard InChI is InChI=1S/C14H26N2O/c1-14(2,3)10-11(15)9-13(17)16-12-7-5-4-6-8-12/h4-5,11-12H,6-10,15H2,1-3H3,(H,16,17). The molecule has 0 aliphatic heterocycles. The van der Waals surface area contributed by atoms with Gasteiger partial charge in [-0.2, -0.15) is 0 Å². The number of nitrogens with one attached hydrogen (secondary N) is 1. The Balaban J connectivity index is 2.26. The van der Waals surface area contributed by atoms with Crippen molar-refractivity contribution in [2.45, 2.75) is 65.0 Å². The van der Waals surface area contributed by atoms with Gasteiger partial charge in [0.15, 0.2) is 0 Å². The molecular formula is C14H26N2O. The molecule has 0 fully saturated rings. The van der Waals surface area contributed by atoms with E-state index in [1.807, 2.05) is 0 Å². The fourth-order valence-electron chi connectivity index (χ4n) is 2.31. The van der Waals surface area contributed by atoms with Gasteiger partial charge in [0, 0.05) is 18.5 Å². The molecule has 0 spiro atoms. The van der Waals surface area contributed by atoms with Crippen molar-refractivity contribution in [2.75, 3.05) is 0 Å². The molecule has 0 saturated carbocycles. The number of amides is 1. The lowest BCUT2D eigenvalue weighted by atomic mass is 9.87. The maximum absolute atomic E-state index is 11.8. The van der Waals surface area contributed by atoms with Gasteiger partial charge in [0.25, 0.3) is 0 Å². The van der Waals surface area contributed by atoms with Crippen LogP contribution in [0.2, 0.25) is 0 Å². The number of carbonyl (C=O) groups excluding carboxylic acids is 1. The maximum Gasteiger partial charge on any atom is 0.221 e. The molecule has 3 nitrogen and oxygen atoms in total. The van der Waals surface area contributed by atoms with Crippen molar-refractivity contribution in [1.82, 2.24) is 5.32 Å². The van der Waals surface area contributed by atoms with Crippen LogP contribution in [0, 0.1) is 5.41 Å². The SMILES string of the molecule is CC(C)(C)CC(N)CC(=O)NC1CC=CCC1. The van der Waals surface area contributed by atoms with E-state index in [1.165, 1.54) is 0 Å². The van der Waals surface area contributed by atoms with Crippen molar-refractivity contribution in [3.8, 4) is 0 Å². The fourth-order valence-corrected chi connectivity index (χ4v) is 2.31. The zero-order valence-electron chi connectivity index (χ0n) is 11.3. The van der Waals surface area contributed by atoms with Crippen LogP contribution in [0.25, 0.3) is 0 Å². The van der Waals surface area contributed by atoms with Crippen LogP contribution in [0.4, 0.5) is 0 Å². The van der Waals surface area contributed by atoms with E-state index in [0.717, 1.165) is 25.7 Å². The molecule has 1 aliphatic rings. The van der Waals surface area contributed by atoms with Gasteiger partial charge in [0.05, 0.1) is 0 Å². The van der Waals surface area contributed by atoms with Crippen LogP contribution >= 0.6 is 0 Å². The summed E-state index contributed by atoms with van der Waals surface area (Å²) in [4.78, 5) is 11.8. The summed E-state index contributed by atoms with van der Waals surface area (Å²) in [6.45, 7) is 6.45. The first-order chi connectivity index (χ1) is 7.87. The summed E-state index contributed by atoms with van der Waals surface area (Å²) in [6, 6.07) is 0.281. The highest BCUT2D eigenvalue weighted by molar-refractivity contribution is 5.76. The highest BCUT2D eigenvalue weighted by atomic mass is 16.1. The smallest absolute Gasteiger partial charge is 0.221 e. The second kappa shape index (κ2) is 6.20. The largest absolute Gasteiger partial charge is 0.353 e. The zero-order valence-corrected chi connectivity index (χ0v) is 11.3. The summed E-state index contributed by atoms with van der Waals surface area (Å²) in [6.07, 6.45) is 8.72. The molecule has 2 unspecified atom stereocenters. The van der Waals surface area contributed by atoms with E-state index in [-0.39, 0.29) is 17.4 Å². The summed E-state index contributed by atoms with van der Waals surface area (Å²) >= 11 is 0. The van der Waals surface area contributed by atoms with Crippen LogP contribution in [-0.2, 0) is 4.79 Å². The number of nitrogens with two attached hydrogens (primary N) is 1. The van der Waals surface area contributed by atoms with Crippen molar-refractivity contribution >= 4 is 5.91 Å². The lowest BCUT2D eigenvalue weighted by Gasteiger charge is -2.24. The predicted octanol–water partition coefficient (Wildman–Crippen LogP) is 2.36. The Labute approximate surface area is 105 Å². The third-order valence-corrected chi connectivity index (χ3v) is 2.96. The van der Waals surface area contributed by atoms with E-state index >= 15 is 0 Å². The van der Waals surface area contributed by atoms with Gasteiger partial charge in [-0.3, -0.25) is 4.79 Å². The molecule has 1 amide bonds. The molecule has 3 N–H and O–H groups in total. The summed E-state index contributed by atoms with van der Waals surface area (Å²) < 4.78 is 0. The molecule has 3 heteroatoms. The number of carbonyl (C=O) groups is 1. The molecule has 0 aromatic heterocycles. The van der Waals surface area contributed by atoms with E-state index in [9.17, 15) is 4.79 Å². The van der Waals surface area contributed by atoms with Gasteiger partial charge < -0.3 is 11.1 Å². The fraction of sp³-hybridized carbons (Fsp3) is 0.786. The van der Waals surface area contributed by atoms with E-state index in [1.54, 1.807) is 0 Å². The minimum absolute atomic E-state index is 0.0332. The van der Waals surface area contributed by atoms with Crippen molar-refractivity contribution in [3.05, 3.63) is 12.2 Å². The lowest BCUT2D eigenvalue weighted by Crippen LogP contribution is -2.39. The van der Waals surface area contributed by atoms with E-state index in [0.29, 0.717) is 12.5 Å². The number of rotatable bonds is 4. The minimum atomic E-state index is -0.0332. The van der Waals surface area contributed by atoms with E-state index < -0.39 is 0 Å². The molecule has 0 aromatic carbocycles. The minimum Gasteiger partial charge on any atom is -0.353 e. The van der Waals surface area contributed by atoms with Crippen LogP contribution in [0.1, 0.15) is 52.9 Å².